The van der Waals surface area contributed by atoms with Crippen molar-refractivity contribution in [1.29, 1.82) is 0 Å². The van der Waals surface area contributed by atoms with Crippen LogP contribution in [0.25, 0.3) is 0 Å². The molecule has 0 saturated carbocycles. The smallest absolute Gasteiger partial charge is 0.132 e. The summed E-state index contributed by atoms with van der Waals surface area (Å²) >= 11 is 0. The Balaban J connectivity index is 3.23. The van der Waals surface area contributed by atoms with Gasteiger partial charge in [0.25, 0.3) is 0 Å². The van der Waals surface area contributed by atoms with E-state index in [1.165, 1.54) is 13.2 Å². The minimum atomic E-state index is -0.388. The highest BCUT2D eigenvalue weighted by Gasteiger charge is 2.17. The fourth-order valence-corrected chi connectivity index (χ4v) is 1.55. The molecular weight excluding hydrogens is 207 g/mol. The standard InChI is InChI=1S/C12H17FN2O/c1-8(2)7-10(15-14)12-9(13)5-4-6-11(12)16-3/h4-7,10,15H,14H2,1-3H3. The number of halogens is 1. The van der Waals surface area contributed by atoms with Gasteiger partial charge in [-0.1, -0.05) is 17.7 Å². The number of ether oxygens (including phenoxy) is 1. The van der Waals surface area contributed by atoms with Gasteiger partial charge in [-0.15, -0.1) is 0 Å². The molecule has 1 atom stereocenters. The lowest BCUT2D eigenvalue weighted by atomic mass is 10.0. The molecule has 0 aliphatic carbocycles. The quantitative estimate of drug-likeness (QED) is 0.468. The van der Waals surface area contributed by atoms with Crippen molar-refractivity contribution in [3.63, 3.8) is 0 Å². The molecule has 0 amide bonds. The Kier molecular flexibility index (Phi) is 4.46. The molecular formula is C12H17FN2O. The van der Waals surface area contributed by atoms with E-state index in [0.717, 1.165) is 5.57 Å². The van der Waals surface area contributed by atoms with E-state index in [2.05, 4.69) is 5.43 Å². The predicted molar refractivity (Wildman–Crippen MR) is 62.4 cm³/mol. The summed E-state index contributed by atoms with van der Waals surface area (Å²) in [5.41, 5.74) is 4.04. The number of hydrogen-bond acceptors (Lipinski definition) is 3. The Morgan fingerprint density at radius 1 is 1.50 bits per heavy atom. The minimum absolute atomic E-state index is 0.334. The van der Waals surface area contributed by atoms with Gasteiger partial charge in [0, 0.05) is 0 Å². The van der Waals surface area contributed by atoms with Gasteiger partial charge < -0.3 is 4.74 Å². The highest BCUT2D eigenvalue weighted by atomic mass is 19.1. The third-order valence-electron chi connectivity index (χ3n) is 2.22. The average molecular weight is 224 g/mol. The van der Waals surface area contributed by atoms with Crippen LogP contribution >= 0.6 is 0 Å². The summed E-state index contributed by atoms with van der Waals surface area (Å²) < 4.78 is 18.8. The molecule has 16 heavy (non-hydrogen) atoms. The van der Waals surface area contributed by atoms with Gasteiger partial charge in [-0.05, 0) is 26.0 Å². The lowest BCUT2D eigenvalue weighted by Crippen LogP contribution is -2.27. The zero-order chi connectivity index (χ0) is 12.1. The lowest BCUT2D eigenvalue weighted by Gasteiger charge is -2.17. The van der Waals surface area contributed by atoms with Crippen LogP contribution in [0.3, 0.4) is 0 Å². The van der Waals surface area contributed by atoms with Gasteiger partial charge in [-0.3, -0.25) is 5.84 Å². The van der Waals surface area contributed by atoms with Crippen molar-refractivity contribution in [2.75, 3.05) is 7.11 Å². The number of nitrogens with two attached hydrogens (primary N) is 1. The second-order valence-corrected chi connectivity index (χ2v) is 3.74. The molecule has 88 valence electrons. The van der Waals surface area contributed by atoms with E-state index in [4.69, 9.17) is 10.6 Å². The van der Waals surface area contributed by atoms with E-state index < -0.39 is 0 Å². The van der Waals surface area contributed by atoms with Gasteiger partial charge in [-0.25, -0.2) is 9.82 Å². The van der Waals surface area contributed by atoms with Crippen LogP contribution in [0.5, 0.6) is 5.75 Å². The second kappa shape index (κ2) is 5.63. The van der Waals surface area contributed by atoms with Gasteiger partial charge in [0.05, 0.1) is 18.7 Å². The van der Waals surface area contributed by atoms with Crippen molar-refractivity contribution in [2.45, 2.75) is 19.9 Å². The fourth-order valence-electron chi connectivity index (χ4n) is 1.55. The van der Waals surface area contributed by atoms with Crippen LogP contribution in [-0.4, -0.2) is 7.11 Å². The Morgan fingerprint density at radius 3 is 2.69 bits per heavy atom. The number of methoxy groups -OCH3 is 1. The SMILES string of the molecule is COc1cccc(F)c1C(C=C(C)C)NN. The molecule has 4 heteroatoms. The molecule has 0 aromatic heterocycles. The lowest BCUT2D eigenvalue weighted by molar-refractivity contribution is 0.398. The first-order valence-corrected chi connectivity index (χ1v) is 5.03. The summed E-state index contributed by atoms with van der Waals surface area (Å²) in [7, 11) is 1.51. The summed E-state index contributed by atoms with van der Waals surface area (Å²) in [6, 6.07) is 4.32. The van der Waals surface area contributed by atoms with E-state index in [-0.39, 0.29) is 11.9 Å². The number of allylic oxidation sites excluding steroid dienone is 1. The van der Waals surface area contributed by atoms with Crippen molar-refractivity contribution in [1.82, 2.24) is 5.43 Å². The number of benzene rings is 1. The summed E-state index contributed by atoms with van der Waals surface area (Å²) in [4.78, 5) is 0. The number of nitrogens with one attached hydrogen (secondary N) is 1. The molecule has 0 radical (unpaired) electrons. The minimum Gasteiger partial charge on any atom is -0.496 e. The zero-order valence-corrected chi connectivity index (χ0v) is 9.75. The molecule has 3 N–H and O–H groups in total. The molecule has 0 aliphatic heterocycles. The van der Waals surface area contributed by atoms with Crippen molar-refractivity contribution in [2.24, 2.45) is 5.84 Å². The first kappa shape index (κ1) is 12.7. The summed E-state index contributed by atoms with van der Waals surface area (Å²) in [6.07, 6.45) is 1.85. The highest BCUT2D eigenvalue weighted by molar-refractivity contribution is 5.39. The fraction of sp³-hybridized carbons (Fsp3) is 0.333. The Bertz CT molecular complexity index is 387. The van der Waals surface area contributed by atoms with Crippen LogP contribution in [0.15, 0.2) is 29.8 Å². The van der Waals surface area contributed by atoms with E-state index >= 15 is 0 Å². The second-order valence-electron chi connectivity index (χ2n) is 3.74. The third kappa shape index (κ3) is 2.81. The molecule has 0 aliphatic rings. The van der Waals surface area contributed by atoms with Crippen LogP contribution in [0.1, 0.15) is 25.5 Å². The van der Waals surface area contributed by atoms with Gasteiger partial charge in [0.15, 0.2) is 0 Å². The zero-order valence-electron chi connectivity index (χ0n) is 9.75. The number of hydrazine groups is 1. The maximum absolute atomic E-state index is 13.7. The maximum Gasteiger partial charge on any atom is 0.132 e. The average Bonchev–Trinajstić information content (AvgIpc) is 2.25. The van der Waals surface area contributed by atoms with Gasteiger partial charge in [0.1, 0.15) is 11.6 Å². The van der Waals surface area contributed by atoms with Crippen LogP contribution in [-0.2, 0) is 0 Å². The van der Waals surface area contributed by atoms with E-state index in [0.29, 0.717) is 11.3 Å². The van der Waals surface area contributed by atoms with E-state index in [1.54, 1.807) is 12.1 Å². The molecule has 0 heterocycles. The van der Waals surface area contributed by atoms with Crippen molar-refractivity contribution >= 4 is 0 Å². The monoisotopic (exact) mass is 224 g/mol. The molecule has 1 aromatic carbocycles. The highest BCUT2D eigenvalue weighted by Crippen LogP contribution is 2.28. The largest absolute Gasteiger partial charge is 0.496 e. The van der Waals surface area contributed by atoms with Crippen LogP contribution in [0.4, 0.5) is 4.39 Å². The molecule has 3 nitrogen and oxygen atoms in total. The van der Waals surface area contributed by atoms with Crippen molar-refractivity contribution < 1.29 is 9.13 Å². The summed E-state index contributed by atoms with van der Waals surface area (Å²) in [5.74, 6) is 5.58. The van der Waals surface area contributed by atoms with E-state index in [1.807, 2.05) is 19.9 Å². The first-order chi connectivity index (χ1) is 7.60. The Morgan fingerprint density at radius 2 is 2.19 bits per heavy atom. The first-order valence-electron chi connectivity index (χ1n) is 5.03. The van der Waals surface area contributed by atoms with Crippen LogP contribution in [0, 0.1) is 5.82 Å². The molecule has 1 rings (SSSR count). The predicted octanol–water partition coefficient (Wildman–Crippen LogP) is 2.30. The molecule has 0 saturated heterocycles. The van der Waals surface area contributed by atoms with Crippen molar-refractivity contribution in [3.05, 3.63) is 41.2 Å². The van der Waals surface area contributed by atoms with Gasteiger partial charge >= 0.3 is 0 Å². The van der Waals surface area contributed by atoms with Crippen molar-refractivity contribution in [3.8, 4) is 5.75 Å². The molecule has 0 bridgehead atoms. The Labute approximate surface area is 95.1 Å². The molecule has 0 spiro atoms. The topological polar surface area (TPSA) is 47.3 Å². The summed E-state index contributed by atoms with van der Waals surface area (Å²) in [6.45, 7) is 3.86. The van der Waals surface area contributed by atoms with E-state index in [9.17, 15) is 4.39 Å². The van der Waals surface area contributed by atoms with Crippen LogP contribution < -0.4 is 16.0 Å². The third-order valence-corrected chi connectivity index (χ3v) is 2.22. The molecule has 1 unspecified atom stereocenters. The van der Waals surface area contributed by atoms with Gasteiger partial charge in [-0.2, -0.15) is 0 Å². The molecule has 1 aromatic rings. The van der Waals surface area contributed by atoms with Gasteiger partial charge in [0.2, 0.25) is 0 Å². The number of hydrogen-bond donors (Lipinski definition) is 2. The van der Waals surface area contributed by atoms with Crippen LogP contribution in [0.2, 0.25) is 0 Å². The number of rotatable bonds is 4. The maximum atomic E-state index is 13.7. The Hall–Kier alpha value is -1.39. The molecule has 0 fully saturated rings. The normalized spacial score (nSPS) is 12.1. The summed E-state index contributed by atoms with van der Waals surface area (Å²) in [5, 5.41) is 0.